The molecule has 1 aliphatic rings. The molecule has 1 aromatic carbocycles. The Bertz CT molecular complexity index is 428. The first kappa shape index (κ1) is 11.7. The highest BCUT2D eigenvalue weighted by atomic mass is 16.6. The summed E-state index contributed by atoms with van der Waals surface area (Å²) in [5, 5.41) is 10.7. The molecule has 0 aliphatic heterocycles. The molecule has 5 heteroatoms. The van der Waals surface area contributed by atoms with Crippen molar-refractivity contribution in [3.05, 3.63) is 28.3 Å². The Balaban J connectivity index is 2.21. The van der Waals surface area contributed by atoms with E-state index in [1.54, 1.807) is 12.1 Å². The first-order valence-corrected chi connectivity index (χ1v) is 5.86. The standard InChI is InChI=1S/C12H17N3O2/c1-14(9-4-2-3-5-9)10-6-7-12(15(16)17)11(13)8-10/h6-9H,2-5,13H2,1H3. The maximum absolute atomic E-state index is 10.7. The molecule has 92 valence electrons. The Morgan fingerprint density at radius 1 is 1.41 bits per heavy atom. The van der Waals surface area contributed by atoms with Gasteiger partial charge in [-0.15, -0.1) is 0 Å². The fourth-order valence-electron chi connectivity index (χ4n) is 2.43. The van der Waals surface area contributed by atoms with Crippen LogP contribution in [0, 0.1) is 10.1 Å². The fraction of sp³-hybridized carbons (Fsp3) is 0.500. The lowest BCUT2D eigenvalue weighted by Gasteiger charge is -2.26. The van der Waals surface area contributed by atoms with Crippen LogP contribution >= 0.6 is 0 Å². The highest BCUT2D eigenvalue weighted by Gasteiger charge is 2.21. The molecule has 2 rings (SSSR count). The van der Waals surface area contributed by atoms with Crippen LogP contribution in [0.1, 0.15) is 25.7 Å². The molecule has 2 N–H and O–H groups in total. The summed E-state index contributed by atoms with van der Waals surface area (Å²) in [6.45, 7) is 0. The molecular weight excluding hydrogens is 218 g/mol. The summed E-state index contributed by atoms with van der Waals surface area (Å²) in [6, 6.07) is 5.48. The number of nitro benzene ring substituents is 1. The minimum atomic E-state index is -0.450. The van der Waals surface area contributed by atoms with Crippen molar-refractivity contribution in [1.82, 2.24) is 0 Å². The van der Waals surface area contributed by atoms with Crippen LogP contribution < -0.4 is 10.6 Å². The van der Waals surface area contributed by atoms with E-state index in [2.05, 4.69) is 4.90 Å². The van der Waals surface area contributed by atoms with Gasteiger partial charge in [-0.2, -0.15) is 0 Å². The first-order valence-electron chi connectivity index (χ1n) is 5.86. The van der Waals surface area contributed by atoms with Crippen LogP contribution in [-0.4, -0.2) is 18.0 Å². The van der Waals surface area contributed by atoms with Crippen molar-refractivity contribution >= 4 is 17.1 Å². The van der Waals surface area contributed by atoms with E-state index in [-0.39, 0.29) is 11.4 Å². The van der Waals surface area contributed by atoms with Gasteiger partial charge in [0.2, 0.25) is 0 Å². The number of nitrogens with two attached hydrogens (primary N) is 1. The Hall–Kier alpha value is -1.78. The van der Waals surface area contributed by atoms with Gasteiger partial charge in [0.25, 0.3) is 5.69 Å². The highest BCUT2D eigenvalue weighted by molar-refractivity contribution is 5.66. The number of hydrogen-bond donors (Lipinski definition) is 1. The van der Waals surface area contributed by atoms with Crippen LogP contribution in [0.5, 0.6) is 0 Å². The van der Waals surface area contributed by atoms with E-state index >= 15 is 0 Å². The van der Waals surface area contributed by atoms with E-state index < -0.39 is 4.92 Å². The summed E-state index contributed by atoms with van der Waals surface area (Å²) >= 11 is 0. The first-order chi connectivity index (χ1) is 8.09. The van der Waals surface area contributed by atoms with Crippen LogP contribution in [0.15, 0.2) is 18.2 Å². The summed E-state index contributed by atoms with van der Waals surface area (Å²) in [6.07, 6.45) is 4.90. The van der Waals surface area contributed by atoms with Gasteiger partial charge in [0.05, 0.1) is 4.92 Å². The Labute approximate surface area is 100 Å². The van der Waals surface area contributed by atoms with Crippen molar-refractivity contribution in [3.8, 4) is 0 Å². The van der Waals surface area contributed by atoms with Gasteiger partial charge in [-0.25, -0.2) is 0 Å². The molecule has 0 unspecified atom stereocenters. The molecule has 1 saturated carbocycles. The van der Waals surface area contributed by atoms with Crippen LogP contribution in [0.2, 0.25) is 0 Å². The third kappa shape index (κ3) is 2.33. The zero-order valence-corrected chi connectivity index (χ0v) is 9.93. The number of rotatable bonds is 3. The summed E-state index contributed by atoms with van der Waals surface area (Å²) in [5.74, 6) is 0. The molecule has 0 bridgehead atoms. The van der Waals surface area contributed by atoms with Gasteiger partial charge in [-0.3, -0.25) is 10.1 Å². The van der Waals surface area contributed by atoms with Gasteiger partial charge >= 0.3 is 0 Å². The van der Waals surface area contributed by atoms with E-state index in [0.717, 1.165) is 5.69 Å². The minimum absolute atomic E-state index is 0.0198. The zero-order valence-electron chi connectivity index (χ0n) is 9.93. The molecular formula is C12H17N3O2. The van der Waals surface area contributed by atoms with Gasteiger partial charge in [-0.05, 0) is 25.0 Å². The monoisotopic (exact) mass is 235 g/mol. The van der Waals surface area contributed by atoms with E-state index in [0.29, 0.717) is 6.04 Å². The molecule has 0 radical (unpaired) electrons. The second-order valence-corrected chi connectivity index (χ2v) is 4.55. The van der Waals surface area contributed by atoms with Crippen molar-refractivity contribution in [3.63, 3.8) is 0 Å². The summed E-state index contributed by atoms with van der Waals surface area (Å²) in [7, 11) is 2.02. The molecule has 1 fully saturated rings. The average Bonchev–Trinajstić information content (AvgIpc) is 2.80. The minimum Gasteiger partial charge on any atom is -0.393 e. The lowest BCUT2D eigenvalue weighted by atomic mass is 10.1. The molecule has 0 atom stereocenters. The quantitative estimate of drug-likeness (QED) is 0.496. The summed E-state index contributed by atoms with van der Waals surface area (Å²) < 4.78 is 0. The van der Waals surface area contributed by atoms with Gasteiger partial charge in [-0.1, -0.05) is 12.8 Å². The van der Waals surface area contributed by atoms with E-state index in [4.69, 9.17) is 5.73 Å². The number of hydrogen-bond acceptors (Lipinski definition) is 4. The summed E-state index contributed by atoms with van der Waals surface area (Å²) in [5.41, 5.74) is 6.86. The van der Waals surface area contributed by atoms with Crippen LogP contribution in [0.4, 0.5) is 17.1 Å². The largest absolute Gasteiger partial charge is 0.393 e. The molecule has 0 aromatic heterocycles. The molecule has 0 spiro atoms. The third-order valence-electron chi connectivity index (χ3n) is 3.49. The Kier molecular flexibility index (Phi) is 3.17. The van der Waals surface area contributed by atoms with E-state index in [1.165, 1.54) is 31.7 Å². The highest BCUT2D eigenvalue weighted by Crippen LogP contribution is 2.31. The molecule has 1 aliphatic carbocycles. The smallest absolute Gasteiger partial charge is 0.292 e. The Morgan fingerprint density at radius 3 is 2.59 bits per heavy atom. The number of anilines is 2. The van der Waals surface area contributed by atoms with Crippen LogP contribution in [0.3, 0.4) is 0 Å². The zero-order chi connectivity index (χ0) is 12.4. The number of benzene rings is 1. The molecule has 0 saturated heterocycles. The maximum Gasteiger partial charge on any atom is 0.292 e. The van der Waals surface area contributed by atoms with Gasteiger partial charge < -0.3 is 10.6 Å². The van der Waals surface area contributed by atoms with Gasteiger partial charge in [0.15, 0.2) is 0 Å². The number of nitrogen functional groups attached to an aromatic ring is 1. The van der Waals surface area contributed by atoms with Crippen LogP contribution in [0.25, 0.3) is 0 Å². The third-order valence-corrected chi connectivity index (χ3v) is 3.49. The SMILES string of the molecule is CN(c1ccc([N+](=O)[O-])c(N)c1)C1CCCC1. The van der Waals surface area contributed by atoms with Crippen molar-refractivity contribution in [2.45, 2.75) is 31.7 Å². The second kappa shape index (κ2) is 4.61. The second-order valence-electron chi connectivity index (χ2n) is 4.55. The van der Waals surface area contributed by atoms with Crippen molar-refractivity contribution < 1.29 is 4.92 Å². The normalized spacial score (nSPS) is 16.1. The Morgan fingerprint density at radius 2 is 2.06 bits per heavy atom. The van der Waals surface area contributed by atoms with E-state index in [1.807, 2.05) is 7.05 Å². The van der Waals surface area contributed by atoms with Crippen molar-refractivity contribution in [1.29, 1.82) is 0 Å². The van der Waals surface area contributed by atoms with Gasteiger partial charge in [0, 0.05) is 24.8 Å². The summed E-state index contributed by atoms with van der Waals surface area (Å²) in [4.78, 5) is 12.4. The topological polar surface area (TPSA) is 72.4 Å². The number of nitrogens with zero attached hydrogens (tertiary/aromatic N) is 2. The predicted octanol–water partition coefficient (Wildman–Crippen LogP) is 2.56. The maximum atomic E-state index is 10.7. The molecule has 0 heterocycles. The fourth-order valence-corrected chi connectivity index (χ4v) is 2.43. The molecule has 17 heavy (non-hydrogen) atoms. The van der Waals surface area contributed by atoms with Crippen LogP contribution in [-0.2, 0) is 0 Å². The molecule has 1 aromatic rings. The predicted molar refractivity (Wildman–Crippen MR) is 68.2 cm³/mol. The van der Waals surface area contributed by atoms with Crippen molar-refractivity contribution in [2.75, 3.05) is 17.7 Å². The average molecular weight is 235 g/mol. The van der Waals surface area contributed by atoms with Gasteiger partial charge in [0.1, 0.15) is 5.69 Å². The van der Waals surface area contributed by atoms with E-state index in [9.17, 15) is 10.1 Å². The lowest BCUT2D eigenvalue weighted by Crippen LogP contribution is -2.28. The molecule has 5 nitrogen and oxygen atoms in total. The molecule has 0 amide bonds. The number of nitro groups is 1. The van der Waals surface area contributed by atoms with Crippen molar-refractivity contribution in [2.24, 2.45) is 0 Å². The lowest BCUT2D eigenvalue weighted by molar-refractivity contribution is -0.383.